The van der Waals surface area contributed by atoms with Crippen LogP contribution in [0, 0.1) is 9.49 Å². The standard InChI is InChI=1S/C15H18INO3/c1-11-3-2-8-17(9-11)14(18)10-20-15(19)12-4-6-13(16)7-5-12/h4-7,11H,2-3,8-10H2,1H3/t11-/m0/s1. The van der Waals surface area contributed by atoms with Crippen LogP contribution in [0.15, 0.2) is 24.3 Å². The fourth-order valence-electron chi connectivity index (χ4n) is 2.30. The van der Waals surface area contributed by atoms with Crippen LogP contribution in [0.3, 0.4) is 0 Å². The molecule has 1 aliphatic heterocycles. The van der Waals surface area contributed by atoms with Crippen molar-refractivity contribution in [1.82, 2.24) is 4.90 Å². The van der Waals surface area contributed by atoms with Crippen molar-refractivity contribution < 1.29 is 14.3 Å². The topological polar surface area (TPSA) is 46.6 Å². The van der Waals surface area contributed by atoms with Crippen molar-refractivity contribution in [3.8, 4) is 0 Å². The van der Waals surface area contributed by atoms with Crippen LogP contribution < -0.4 is 0 Å². The van der Waals surface area contributed by atoms with E-state index in [0.717, 1.165) is 29.5 Å². The number of amides is 1. The van der Waals surface area contributed by atoms with Gasteiger partial charge in [0.2, 0.25) is 0 Å². The van der Waals surface area contributed by atoms with Gasteiger partial charge in [0.05, 0.1) is 5.56 Å². The predicted octanol–water partition coefficient (Wildman–Crippen LogP) is 2.71. The van der Waals surface area contributed by atoms with E-state index in [4.69, 9.17) is 4.74 Å². The van der Waals surface area contributed by atoms with E-state index in [0.29, 0.717) is 11.5 Å². The van der Waals surface area contributed by atoms with Gasteiger partial charge in [0.1, 0.15) is 0 Å². The summed E-state index contributed by atoms with van der Waals surface area (Å²) in [6.45, 7) is 3.50. The molecule has 0 bridgehead atoms. The van der Waals surface area contributed by atoms with Gasteiger partial charge >= 0.3 is 5.97 Å². The molecular weight excluding hydrogens is 369 g/mol. The Morgan fingerprint density at radius 3 is 2.70 bits per heavy atom. The minimum Gasteiger partial charge on any atom is -0.452 e. The first-order valence-electron chi connectivity index (χ1n) is 6.76. The normalized spacial score (nSPS) is 18.7. The van der Waals surface area contributed by atoms with Crippen LogP contribution in [0.5, 0.6) is 0 Å². The monoisotopic (exact) mass is 387 g/mol. The Balaban J connectivity index is 1.83. The molecule has 1 fully saturated rings. The number of benzene rings is 1. The molecule has 4 nitrogen and oxygen atoms in total. The van der Waals surface area contributed by atoms with Crippen molar-refractivity contribution >= 4 is 34.5 Å². The number of likely N-dealkylation sites (tertiary alicyclic amines) is 1. The summed E-state index contributed by atoms with van der Waals surface area (Å²) in [5.41, 5.74) is 0.477. The second-order valence-electron chi connectivity index (χ2n) is 5.17. The first-order chi connectivity index (χ1) is 9.56. The molecule has 1 saturated heterocycles. The summed E-state index contributed by atoms with van der Waals surface area (Å²) in [5, 5.41) is 0. The minimum atomic E-state index is -0.445. The molecule has 1 amide bonds. The summed E-state index contributed by atoms with van der Waals surface area (Å²) in [4.78, 5) is 25.6. The van der Waals surface area contributed by atoms with Gasteiger partial charge in [-0.25, -0.2) is 4.79 Å². The number of carbonyl (C=O) groups excluding carboxylic acids is 2. The summed E-state index contributed by atoms with van der Waals surface area (Å²) in [6.07, 6.45) is 2.18. The van der Waals surface area contributed by atoms with Crippen molar-refractivity contribution in [1.29, 1.82) is 0 Å². The maximum atomic E-state index is 12.0. The molecule has 1 aromatic carbocycles. The zero-order valence-corrected chi connectivity index (χ0v) is 13.6. The Bertz CT molecular complexity index is 486. The van der Waals surface area contributed by atoms with E-state index in [1.54, 1.807) is 17.0 Å². The van der Waals surface area contributed by atoms with Gasteiger partial charge < -0.3 is 9.64 Å². The van der Waals surface area contributed by atoms with E-state index < -0.39 is 5.97 Å². The number of ether oxygens (including phenoxy) is 1. The highest BCUT2D eigenvalue weighted by molar-refractivity contribution is 14.1. The maximum Gasteiger partial charge on any atom is 0.338 e. The molecule has 0 N–H and O–H groups in total. The molecule has 1 aromatic rings. The molecule has 0 saturated carbocycles. The highest BCUT2D eigenvalue weighted by atomic mass is 127. The van der Waals surface area contributed by atoms with E-state index in [9.17, 15) is 9.59 Å². The Kier molecular flexibility index (Phi) is 5.39. The average Bonchev–Trinajstić information content (AvgIpc) is 2.45. The Morgan fingerprint density at radius 1 is 1.35 bits per heavy atom. The Labute approximate surface area is 132 Å². The zero-order chi connectivity index (χ0) is 14.5. The van der Waals surface area contributed by atoms with Gasteiger partial charge in [0.25, 0.3) is 5.91 Å². The lowest BCUT2D eigenvalue weighted by molar-refractivity contribution is -0.136. The highest BCUT2D eigenvalue weighted by Crippen LogP contribution is 2.15. The number of hydrogen-bond acceptors (Lipinski definition) is 3. The van der Waals surface area contributed by atoms with Gasteiger partial charge in [0.15, 0.2) is 6.61 Å². The minimum absolute atomic E-state index is 0.101. The van der Waals surface area contributed by atoms with E-state index in [2.05, 4.69) is 29.5 Å². The molecule has 2 rings (SSSR count). The van der Waals surface area contributed by atoms with Gasteiger partial charge in [-0.15, -0.1) is 0 Å². The number of hydrogen-bond donors (Lipinski definition) is 0. The van der Waals surface area contributed by atoms with Crippen molar-refractivity contribution in [2.45, 2.75) is 19.8 Å². The van der Waals surface area contributed by atoms with Crippen LogP contribution in [0.4, 0.5) is 0 Å². The lowest BCUT2D eigenvalue weighted by Crippen LogP contribution is -2.41. The number of rotatable bonds is 3. The number of carbonyl (C=O) groups is 2. The molecule has 1 aliphatic rings. The number of piperidine rings is 1. The molecule has 20 heavy (non-hydrogen) atoms. The molecule has 1 heterocycles. The van der Waals surface area contributed by atoms with Crippen molar-refractivity contribution in [3.63, 3.8) is 0 Å². The highest BCUT2D eigenvalue weighted by Gasteiger charge is 2.21. The molecule has 5 heteroatoms. The quantitative estimate of drug-likeness (QED) is 0.592. The molecule has 0 aliphatic carbocycles. The molecule has 108 valence electrons. The largest absolute Gasteiger partial charge is 0.452 e. The van der Waals surface area contributed by atoms with Gasteiger partial charge in [-0.05, 0) is 65.6 Å². The van der Waals surface area contributed by atoms with Crippen LogP contribution in [-0.2, 0) is 9.53 Å². The zero-order valence-electron chi connectivity index (χ0n) is 11.5. The predicted molar refractivity (Wildman–Crippen MR) is 84.4 cm³/mol. The molecule has 0 radical (unpaired) electrons. The SMILES string of the molecule is C[C@H]1CCCN(C(=O)COC(=O)c2ccc(I)cc2)C1. The number of halogens is 1. The third kappa shape index (κ3) is 4.19. The second kappa shape index (κ2) is 7.06. The lowest BCUT2D eigenvalue weighted by Gasteiger charge is -2.30. The third-order valence-electron chi connectivity index (χ3n) is 3.42. The molecule has 0 unspecified atom stereocenters. The maximum absolute atomic E-state index is 12.0. The summed E-state index contributed by atoms with van der Waals surface area (Å²) in [7, 11) is 0. The van der Waals surface area contributed by atoms with E-state index in [-0.39, 0.29) is 12.5 Å². The van der Waals surface area contributed by atoms with Crippen molar-refractivity contribution in [3.05, 3.63) is 33.4 Å². The number of esters is 1. The van der Waals surface area contributed by atoms with Crippen LogP contribution >= 0.6 is 22.6 Å². The summed E-state index contributed by atoms with van der Waals surface area (Å²) in [6, 6.07) is 7.09. The van der Waals surface area contributed by atoms with Gasteiger partial charge in [0, 0.05) is 16.7 Å². The molecule has 0 spiro atoms. The summed E-state index contributed by atoms with van der Waals surface area (Å²) in [5.74, 6) is -0.0187. The fourth-order valence-corrected chi connectivity index (χ4v) is 2.66. The van der Waals surface area contributed by atoms with E-state index in [1.165, 1.54) is 0 Å². The van der Waals surface area contributed by atoms with E-state index in [1.807, 2.05) is 12.1 Å². The Hall–Kier alpha value is -1.11. The van der Waals surface area contributed by atoms with Crippen LogP contribution in [-0.4, -0.2) is 36.5 Å². The van der Waals surface area contributed by atoms with Crippen molar-refractivity contribution in [2.24, 2.45) is 5.92 Å². The first kappa shape index (κ1) is 15.3. The first-order valence-corrected chi connectivity index (χ1v) is 7.84. The second-order valence-corrected chi connectivity index (χ2v) is 6.42. The smallest absolute Gasteiger partial charge is 0.338 e. The summed E-state index contributed by atoms with van der Waals surface area (Å²) < 4.78 is 6.14. The van der Waals surface area contributed by atoms with Gasteiger partial charge in [-0.1, -0.05) is 6.92 Å². The average molecular weight is 387 g/mol. The van der Waals surface area contributed by atoms with Gasteiger partial charge in [-0.2, -0.15) is 0 Å². The Morgan fingerprint density at radius 2 is 2.05 bits per heavy atom. The van der Waals surface area contributed by atoms with Crippen LogP contribution in [0.1, 0.15) is 30.1 Å². The number of nitrogens with zero attached hydrogens (tertiary/aromatic N) is 1. The molecule has 0 aromatic heterocycles. The molecular formula is C15H18INO3. The third-order valence-corrected chi connectivity index (χ3v) is 4.14. The summed E-state index contributed by atoms with van der Waals surface area (Å²) >= 11 is 2.17. The van der Waals surface area contributed by atoms with E-state index >= 15 is 0 Å². The van der Waals surface area contributed by atoms with Crippen molar-refractivity contribution in [2.75, 3.05) is 19.7 Å². The van der Waals surface area contributed by atoms with Crippen LogP contribution in [0.25, 0.3) is 0 Å². The van der Waals surface area contributed by atoms with Gasteiger partial charge in [-0.3, -0.25) is 4.79 Å². The fraction of sp³-hybridized carbons (Fsp3) is 0.467. The van der Waals surface area contributed by atoms with Crippen LogP contribution in [0.2, 0.25) is 0 Å². The lowest BCUT2D eigenvalue weighted by atomic mass is 10.0. The molecule has 1 atom stereocenters.